The molecule has 4 nitrogen and oxygen atoms in total. The van der Waals surface area contributed by atoms with Gasteiger partial charge >= 0.3 is 0 Å². The normalized spacial score (nSPS) is 15.2. The highest BCUT2D eigenvalue weighted by Gasteiger charge is 2.07. The lowest BCUT2D eigenvalue weighted by molar-refractivity contribution is 0.314. The van der Waals surface area contributed by atoms with Gasteiger partial charge in [-0.3, -0.25) is 0 Å². The monoisotopic (exact) mass is 145 g/mol. The molecule has 0 radical (unpaired) electrons. The Balaban J connectivity index is 3.80. The number of amidine groups is 1. The van der Waals surface area contributed by atoms with Crippen LogP contribution in [0.3, 0.4) is 0 Å². The van der Waals surface area contributed by atoms with Gasteiger partial charge in [-0.05, 0) is 13.0 Å². The maximum absolute atomic E-state index is 8.29. The van der Waals surface area contributed by atoms with Crippen LogP contribution in [-0.4, -0.2) is 23.6 Å². The second-order valence-corrected chi connectivity index (χ2v) is 2.04. The van der Waals surface area contributed by atoms with Crippen molar-refractivity contribution in [3.05, 3.63) is 0 Å². The summed E-state index contributed by atoms with van der Waals surface area (Å²) in [6.07, 6.45) is 0.837. The zero-order valence-corrected chi connectivity index (χ0v) is 6.46. The van der Waals surface area contributed by atoms with Gasteiger partial charge in [0, 0.05) is 0 Å². The predicted molar refractivity (Wildman–Crippen MR) is 41.2 cm³/mol. The molecule has 10 heavy (non-hydrogen) atoms. The minimum absolute atomic E-state index is 0.00926. The van der Waals surface area contributed by atoms with E-state index in [-0.39, 0.29) is 11.9 Å². The van der Waals surface area contributed by atoms with Crippen molar-refractivity contribution in [1.29, 1.82) is 0 Å². The van der Waals surface area contributed by atoms with Crippen molar-refractivity contribution in [2.75, 3.05) is 6.54 Å². The van der Waals surface area contributed by atoms with E-state index in [4.69, 9.17) is 10.9 Å². The summed E-state index contributed by atoms with van der Waals surface area (Å²) < 4.78 is 0. The van der Waals surface area contributed by atoms with Gasteiger partial charge < -0.3 is 16.3 Å². The van der Waals surface area contributed by atoms with Crippen LogP contribution in [-0.2, 0) is 0 Å². The van der Waals surface area contributed by atoms with E-state index >= 15 is 0 Å². The van der Waals surface area contributed by atoms with E-state index < -0.39 is 0 Å². The fourth-order valence-electron chi connectivity index (χ4n) is 0.774. The van der Waals surface area contributed by atoms with Gasteiger partial charge in [-0.15, -0.1) is 0 Å². The first-order chi connectivity index (χ1) is 4.76. The number of oxime groups is 1. The summed E-state index contributed by atoms with van der Waals surface area (Å²) in [5, 5.41) is 14.3. The third kappa shape index (κ3) is 2.68. The van der Waals surface area contributed by atoms with E-state index in [0.717, 1.165) is 13.0 Å². The average molecular weight is 145 g/mol. The van der Waals surface area contributed by atoms with Crippen LogP contribution in [0, 0.1) is 0 Å². The summed E-state index contributed by atoms with van der Waals surface area (Å²) >= 11 is 0. The molecule has 0 heterocycles. The molecule has 4 heteroatoms. The Labute approximate surface area is 61.1 Å². The second-order valence-electron chi connectivity index (χ2n) is 2.04. The minimum Gasteiger partial charge on any atom is -0.409 e. The molecule has 0 bridgehead atoms. The molecule has 1 unspecified atom stereocenters. The van der Waals surface area contributed by atoms with Crippen LogP contribution >= 0.6 is 0 Å². The molecule has 0 spiro atoms. The van der Waals surface area contributed by atoms with Crippen molar-refractivity contribution < 1.29 is 5.21 Å². The number of rotatable bonds is 4. The van der Waals surface area contributed by atoms with Crippen LogP contribution in [0.15, 0.2) is 5.16 Å². The molecule has 4 N–H and O–H groups in total. The largest absolute Gasteiger partial charge is 0.409 e. The summed E-state index contributed by atoms with van der Waals surface area (Å²) in [6, 6.07) is 0.00926. The molecule has 0 aromatic rings. The zero-order chi connectivity index (χ0) is 7.98. The minimum atomic E-state index is 0.00926. The van der Waals surface area contributed by atoms with Crippen molar-refractivity contribution in [1.82, 2.24) is 5.32 Å². The van der Waals surface area contributed by atoms with Gasteiger partial charge in [-0.1, -0.05) is 19.0 Å². The Morgan fingerprint density at radius 3 is 2.60 bits per heavy atom. The molecule has 0 saturated heterocycles. The topological polar surface area (TPSA) is 70.6 Å². The molecule has 0 fully saturated rings. The molecule has 1 atom stereocenters. The van der Waals surface area contributed by atoms with Gasteiger partial charge in [-0.25, -0.2) is 0 Å². The van der Waals surface area contributed by atoms with E-state index in [9.17, 15) is 0 Å². The van der Waals surface area contributed by atoms with E-state index in [1.165, 1.54) is 0 Å². The lowest BCUT2D eigenvalue weighted by Gasteiger charge is -2.12. The third-order valence-electron chi connectivity index (χ3n) is 1.33. The van der Waals surface area contributed by atoms with Gasteiger partial charge in [0.15, 0.2) is 5.84 Å². The fourth-order valence-corrected chi connectivity index (χ4v) is 0.774. The first-order valence-electron chi connectivity index (χ1n) is 3.47. The summed E-state index contributed by atoms with van der Waals surface area (Å²) in [4.78, 5) is 0. The molecule has 0 aromatic heterocycles. The van der Waals surface area contributed by atoms with Crippen LogP contribution in [0.25, 0.3) is 0 Å². The smallest absolute Gasteiger partial charge is 0.156 e. The van der Waals surface area contributed by atoms with Gasteiger partial charge in [0.1, 0.15) is 0 Å². The first kappa shape index (κ1) is 9.23. The lowest BCUT2D eigenvalue weighted by atomic mass is 10.2. The van der Waals surface area contributed by atoms with E-state index in [1.807, 2.05) is 13.8 Å². The van der Waals surface area contributed by atoms with E-state index in [2.05, 4.69) is 10.5 Å². The number of nitrogens with two attached hydrogens (primary N) is 1. The average Bonchev–Trinajstić information content (AvgIpc) is 1.99. The molecule has 60 valence electrons. The van der Waals surface area contributed by atoms with Crippen molar-refractivity contribution >= 4 is 5.84 Å². The van der Waals surface area contributed by atoms with Crippen LogP contribution in [0.5, 0.6) is 0 Å². The van der Waals surface area contributed by atoms with Crippen LogP contribution in [0.2, 0.25) is 0 Å². The molecule has 0 aliphatic rings. The Morgan fingerprint density at radius 1 is 1.70 bits per heavy atom. The van der Waals surface area contributed by atoms with Crippen LogP contribution in [0.1, 0.15) is 20.3 Å². The molecule has 0 aliphatic carbocycles. The molecule has 0 rings (SSSR count). The van der Waals surface area contributed by atoms with Crippen molar-refractivity contribution in [2.24, 2.45) is 10.9 Å². The van der Waals surface area contributed by atoms with E-state index in [0.29, 0.717) is 0 Å². The highest BCUT2D eigenvalue weighted by Crippen LogP contribution is 1.89. The maximum atomic E-state index is 8.29. The summed E-state index contributed by atoms with van der Waals surface area (Å²) in [5.41, 5.74) is 5.35. The number of likely N-dealkylation sites (N-methyl/N-ethyl adjacent to an activating group) is 1. The summed E-state index contributed by atoms with van der Waals surface area (Å²) in [5.74, 6) is 0.254. The van der Waals surface area contributed by atoms with E-state index in [1.54, 1.807) is 0 Å². The Hall–Kier alpha value is -0.770. The van der Waals surface area contributed by atoms with Crippen LogP contribution < -0.4 is 11.1 Å². The molecule has 0 amide bonds. The SMILES string of the molecule is CCNC(CC)C(N)=NO. The highest BCUT2D eigenvalue weighted by molar-refractivity contribution is 5.85. The standard InChI is InChI=1S/C6H15N3O/c1-3-5(8-4-2)6(7)9-10/h5,8,10H,3-4H2,1-2H3,(H2,7,9). The third-order valence-corrected chi connectivity index (χ3v) is 1.33. The van der Waals surface area contributed by atoms with Gasteiger partial charge in [-0.2, -0.15) is 0 Å². The molecule has 0 aromatic carbocycles. The molecular formula is C6H15N3O. The quantitative estimate of drug-likeness (QED) is 0.228. The Kier molecular flexibility index (Phi) is 4.66. The second kappa shape index (κ2) is 5.05. The highest BCUT2D eigenvalue weighted by atomic mass is 16.4. The van der Waals surface area contributed by atoms with Crippen LogP contribution in [0.4, 0.5) is 0 Å². The molecule has 0 saturated carbocycles. The Bertz CT molecular complexity index is 114. The van der Waals surface area contributed by atoms with Gasteiger partial charge in [0.2, 0.25) is 0 Å². The van der Waals surface area contributed by atoms with Crippen molar-refractivity contribution in [3.63, 3.8) is 0 Å². The molecule has 0 aliphatic heterocycles. The summed E-state index contributed by atoms with van der Waals surface area (Å²) in [6.45, 7) is 4.79. The van der Waals surface area contributed by atoms with Crippen molar-refractivity contribution in [3.8, 4) is 0 Å². The van der Waals surface area contributed by atoms with Gasteiger partial charge in [0.05, 0.1) is 6.04 Å². The number of nitrogens with zero attached hydrogens (tertiary/aromatic N) is 1. The van der Waals surface area contributed by atoms with Crippen molar-refractivity contribution in [2.45, 2.75) is 26.3 Å². The number of nitrogens with one attached hydrogen (secondary N) is 1. The Morgan fingerprint density at radius 2 is 2.30 bits per heavy atom. The zero-order valence-electron chi connectivity index (χ0n) is 6.46. The summed E-state index contributed by atoms with van der Waals surface area (Å²) in [7, 11) is 0. The molecular weight excluding hydrogens is 130 g/mol. The van der Waals surface area contributed by atoms with Gasteiger partial charge in [0.25, 0.3) is 0 Å². The maximum Gasteiger partial charge on any atom is 0.156 e. The number of hydrogen-bond donors (Lipinski definition) is 3. The fraction of sp³-hybridized carbons (Fsp3) is 0.833. The first-order valence-corrected chi connectivity index (χ1v) is 3.47. The lowest BCUT2D eigenvalue weighted by Crippen LogP contribution is -2.40. The predicted octanol–water partition coefficient (Wildman–Crippen LogP) is 0.121. The number of hydrogen-bond acceptors (Lipinski definition) is 3.